The molecule has 0 atom stereocenters. The third-order valence-corrected chi connectivity index (χ3v) is 5.87. The second kappa shape index (κ2) is 11.7. The highest BCUT2D eigenvalue weighted by atomic mass is 32.2. The minimum atomic E-state index is -0.222. The zero-order chi connectivity index (χ0) is 20.4. The molecule has 8 heteroatoms. The van der Waals surface area contributed by atoms with E-state index in [9.17, 15) is 9.59 Å². The third kappa shape index (κ3) is 6.22. The zero-order valence-electron chi connectivity index (χ0n) is 16.9. The lowest BCUT2D eigenvalue weighted by molar-refractivity contribution is -0.141. The molecule has 1 fully saturated rings. The molecule has 0 aromatic carbocycles. The van der Waals surface area contributed by atoms with Crippen molar-refractivity contribution in [1.29, 1.82) is 0 Å². The van der Waals surface area contributed by atoms with Crippen molar-refractivity contribution in [3.8, 4) is 0 Å². The first-order chi connectivity index (χ1) is 13.6. The molecule has 1 aliphatic rings. The monoisotopic (exact) mass is 406 g/mol. The molecule has 0 saturated carbocycles. The Labute approximate surface area is 171 Å². The van der Waals surface area contributed by atoms with Crippen LogP contribution in [0.3, 0.4) is 0 Å². The van der Waals surface area contributed by atoms with Crippen molar-refractivity contribution in [1.82, 2.24) is 14.9 Å². The first-order valence-electron chi connectivity index (χ1n) is 9.80. The number of carbonyl (C=O) groups is 2. The number of hydrogen-bond donors (Lipinski definition) is 0. The summed E-state index contributed by atoms with van der Waals surface area (Å²) >= 11 is 1.72. The summed E-state index contributed by atoms with van der Waals surface area (Å²) < 4.78 is 4.62. The van der Waals surface area contributed by atoms with Gasteiger partial charge in [0.05, 0.1) is 7.11 Å². The van der Waals surface area contributed by atoms with E-state index in [4.69, 9.17) is 0 Å². The van der Waals surface area contributed by atoms with Crippen molar-refractivity contribution in [2.45, 2.75) is 44.1 Å². The summed E-state index contributed by atoms with van der Waals surface area (Å²) in [6.07, 6.45) is 6.75. The fourth-order valence-electron chi connectivity index (χ4n) is 3.09. The summed E-state index contributed by atoms with van der Waals surface area (Å²) in [6.45, 7) is 8.92. The van der Waals surface area contributed by atoms with Crippen LogP contribution in [0.15, 0.2) is 17.9 Å². The van der Waals surface area contributed by atoms with Crippen molar-refractivity contribution in [2.75, 3.05) is 43.9 Å². The van der Waals surface area contributed by atoms with Gasteiger partial charge in [0, 0.05) is 44.6 Å². The largest absolute Gasteiger partial charge is 0.469 e. The molecule has 0 aliphatic carbocycles. The normalized spacial score (nSPS) is 14.1. The van der Waals surface area contributed by atoms with Gasteiger partial charge in [-0.2, -0.15) is 0 Å². The van der Waals surface area contributed by atoms with Gasteiger partial charge in [-0.1, -0.05) is 19.6 Å². The number of methoxy groups -OCH3 is 1. The number of anilines is 1. The van der Waals surface area contributed by atoms with E-state index in [1.165, 1.54) is 7.11 Å². The Morgan fingerprint density at radius 2 is 1.93 bits per heavy atom. The lowest BCUT2D eigenvalue weighted by Gasteiger charge is -2.36. The van der Waals surface area contributed by atoms with Crippen LogP contribution in [0.2, 0.25) is 0 Å². The molecule has 2 rings (SSSR count). The Morgan fingerprint density at radius 3 is 2.57 bits per heavy atom. The summed E-state index contributed by atoms with van der Waals surface area (Å²) in [4.78, 5) is 36.5. The van der Waals surface area contributed by atoms with Gasteiger partial charge in [-0.25, -0.2) is 9.97 Å². The molecule has 2 heterocycles. The molecule has 0 spiro atoms. The molecule has 1 amide bonds. The highest BCUT2D eigenvalue weighted by molar-refractivity contribution is 7.99. The van der Waals surface area contributed by atoms with Gasteiger partial charge in [0.15, 0.2) is 0 Å². The second-order valence-corrected chi connectivity index (χ2v) is 7.70. The van der Waals surface area contributed by atoms with Gasteiger partial charge in [-0.3, -0.25) is 9.59 Å². The average molecular weight is 407 g/mol. The molecule has 0 unspecified atom stereocenters. The first-order valence-corrected chi connectivity index (χ1v) is 10.8. The Morgan fingerprint density at radius 1 is 1.21 bits per heavy atom. The van der Waals surface area contributed by atoms with Crippen LogP contribution in [-0.2, 0) is 14.3 Å². The first kappa shape index (κ1) is 22.2. The van der Waals surface area contributed by atoms with Crippen molar-refractivity contribution < 1.29 is 14.3 Å². The summed E-state index contributed by atoms with van der Waals surface area (Å²) in [5.74, 6) is 1.83. The molecule has 0 N–H and O–H groups in total. The smallest absolute Gasteiger partial charge is 0.305 e. The number of rotatable bonds is 10. The Hall–Kier alpha value is -2.09. The minimum Gasteiger partial charge on any atom is -0.469 e. The van der Waals surface area contributed by atoms with Crippen molar-refractivity contribution in [3.05, 3.63) is 18.5 Å². The number of esters is 1. The number of hydrogen-bond acceptors (Lipinski definition) is 7. The summed E-state index contributed by atoms with van der Waals surface area (Å²) in [6, 6.07) is 0. The highest BCUT2D eigenvalue weighted by Crippen LogP contribution is 2.29. The van der Waals surface area contributed by atoms with Crippen LogP contribution in [0.25, 0.3) is 6.08 Å². The lowest BCUT2D eigenvalue weighted by Crippen LogP contribution is -2.49. The van der Waals surface area contributed by atoms with E-state index in [0.717, 1.165) is 41.7 Å². The quantitative estimate of drug-likeness (QED) is 0.256. The molecular formula is C20H30N4O3S. The zero-order valence-corrected chi connectivity index (χ0v) is 17.7. The summed E-state index contributed by atoms with van der Waals surface area (Å²) in [7, 11) is 1.38. The fraction of sp³-hybridized carbons (Fsp3) is 0.600. The third-order valence-electron chi connectivity index (χ3n) is 4.65. The van der Waals surface area contributed by atoms with E-state index >= 15 is 0 Å². The maximum atomic E-state index is 12.4. The van der Waals surface area contributed by atoms with Crippen molar-refractivity contribution in [2.24, 2.45) is 0 Å². The van der Waals surface area contributed by atoms with Crippen molar-refractivity contribution in [3.63, 3.8) is 0 Å². The number of piperazine rings is 1. The molecule has 0 bridgehead atoms. The Balaban J connectivity index is 1.87. The van der Waals surface area contributed by atoms with Gasteiger partial charge >= 0.3 is 5.97 Å². The number of amides is 1. The minimum absolute atomic E-state index is 0.148. The van der Waals surface area contributed by atoms with Crippen LogP contribution < -0.4 is 4.90 Å². The van der Waals surface area contributed by atoms with Gasteiger partial charge in [-0.05, 0) is 25.0 Å². The lowest BCUT2D eigenvalue weighted by atomic mass is 10.1. The van der Waals surface area contributed by atoms with Gasteiger partial charge in [-0.15, -0.1) is 11.8 Å². The fourth-order valence-corrected chi connectivity index (χ4v) is 3.94. The number of nitrogens with zero attached hydrogens (tertiary/aromatic N) is 4. The van der Waals surface area contributed by atoms with Crippen molar-refractivity contribution >= 4 is 35.5 Å². The average Bonchev–Trinajstić information content (AvgIpc) is 2.74. The highest BCUT2D eigenvalue weighted by Gasteiger charge is 2.23. The van der Waals surface area contributed by atoms with Crippen LogP contribution >= 0.6 is 11.8 Å². The molecule has 1 aromatic rings. The number of carbonyl (C=O) groups excluding carboxylic acids is 2. The van der Waals surface area contributed by atoms with Crippen LogP contribution in [0.1, 0.15) is 44.6 Å². The molecule has 1 saturated heterocycles. The Bertz CT molecular complexity index is 675. The van der Waals surface area contributed by atoms with Gasteiger partial charge < -0.3 is 14.5 Å². The summed E-state index contributed by atoms with van der Waals surface area (Å²) in [5.41, 5.74) is 0.975. The maximum Gasteiger partial charge on any atom is 0.305 e. The van der Waals surface area contributed by atoms with E-state index in [2.05, 4.69) is 33.1 Å². The van der Waals surface area contributed by atoms with E-state index < -0.39 is 0 Å². The van der Waals surface area contributed by atoms with E-state index in [1.807, 2.05) is 11.0 Å². The molecule has 1 aromatic heterocycles. The second-order valence-electron chi connectivity index (χ2n) is 6.62. The summed E-state index contributed by atoms with van der Waals surface area (Å²) in [5, 5.41) is 0.964. The molecule has 154 valence electrons. The predicted octanol–water partition coefficient (Wildman–Crippen LogP) is 3.00. The number of thioether (sulfide) groups is 1. The SMILES string of the molecule is C=Cc1c(SCCC)ncnc1N1CCN(C(=O)CCCCC(=O)OC)CC1. The van der Waals surface area contributed by atoms with Gasteiger partial charge in [0.2, 0.25) is 5.91 Å². The number of ether oxygens (including phenoxy) is 1. The van der Waals surface area contributed by atoms with E-state index in [0.29, 0.717) is 38.8 Å². The molecular weight excluding hydrogens is 376 g/mol. The molecule has 1 aliphatic heterocycles. The number of aromatic nitrogens is 2. The maximum absolute atomic E-state index is 12.4. The van der Waals surface area contributed by atoms with Crippen LogP contribution in [0, 0.1) is 0 Å². The van der Waals surface area contributed by atoms with E-state index in [1.54, 1.807) is 18.1 Å². The Kier molecular flexibility index (Phi) is 9.27. The van der Waals surface area contributed by atoms with Crippen LogP contribution in [0.4, 0.5) is 5.82 Å². The molecule has 0 radical (unpaired) electrons. The van der Waals surface area contributed by atoms with Crippen LogP contribution in [-0.4, -0.2) is 65.8 Å². The molecule has 7 nitrogen and oxygen atoms in total. The predicted molar refractivity (Wildman–Crippen MR) is 112 cm³/mol. The topological polar surface area (TPSA) is 75.6 Å². The van der Waals surface area contributed by atoms with Gasteiger partial charge in [0.1, 0.15) is 17.2 Å². The molecule has 28 heavy (non-hydrogen) atoms. The standard InChI is InChI=1S/C20H30N4O3S/c1-4-14-28-20-16(5-2)19(21-15-22-20)24-12-10-23(11-13-24)17(25)8-6-7-9-18(26)27-3/h5,15H,2,4,6-14H2,1,3H3. The van der Waals surface area contributed by atoms with E-state index in [-0.39, 0.29) is 11.9 Å². The van der Waals surface area contributed by atoms with Crippen LogP contribution in [0.5, 0.6) is 0 Å². The number of unbranched alkanes of at least 4 members (excludes halogenated alkanes) is 1. The van der Waals surface area contributed by atoms with Gasteiger partial charge in [0.25, 0.3) is 0 Å².